The molecule has 0 aliphatic rings. The van der Waals surface area contributed by atoms with E-state index in [-0.39, 0.29) is 17.5 Å². The van der Waals surface area contributed by atoms with Crippen molar-refractivity contribution < 1.29 is 13.7 Å². The Morgan fingerprint density at radius 3 is 2.68 bits per heavy atom. The van der Waals surface area contributed by atoms with Crippen LogP contribution in [0.5, 0.6) is 0 Å². The first-order chi connectivity index (χ1) is 13.5. The smallest absolute Gasteiger partial charge is 0.316 e. The molecule has 4 rings (SSSR count). The van der Waals surface area contributed by atoms with Crippen LogP contribution in [0.2, 0.25) is 0 Å². The van der Waals surface area contributed by atoms with Crippen molar-refractivity contribution in [2.75, 3.05) is 5.32 Å². The van der Waals surface area contributed by atoms with Crippen molar-refractivity contribution in [2.45, 2.75) is 13.8 Å². The molecule has 0 saturated carbocycles. The third kappa shape index (κ3) is 3.50. The number of aromatic nitrogens is 5. The van der Waals surface area contributed by atoms with Gasteiger partial charge in [-0.2, -0.15) is 4.98 Å². The molecule has 2 aromatic carbocycles. The van der Waals surface area contributed by atoms with E-state index in [4.69, 9.17) is 4.52 Å². The number of hydrogen-bond acceptors (Lipinski definition) is 6. The summed E-state index contributed by atoms with van der Waals surface area (Å²) in [5, 5.41) is 14.5. The highest BCUT2D eigenvalue weighted by atomic mass is 19.1. The standard InChI is InChI=1S/C19H15FN6O2/c1-11-3-6-14(7-4-11)26-10-16(23-25-26)17-22-19(28-24-17)18(27)21-15-8-5-13(20)9-12(15)2/h3-10H,1-2H3,(H,21,27). The number of halogens is 1. The Balaban J connectivity index is 1.53. The maximum absolute atomic E-state index is 13.2. The third-order valence-electron chi connectivity index (χ3n) is 4.08. The first kappa shape index (κ1) is 17.5. The summed E-state index contributed by atoms with van der Waals surface area (Å²) in [5.41, 5.74) is 3.36. The average molecular weight is 378 g/mol. The summed E-state index contributed by atoms with van der Waals surface area (Å²) in [7, 11) is 0. The zero-order valence-corrected chi connectivity index (χ0v) is 15.0. The van der Waals surface area contributed by atoms with Crippen molar-refractivity contribution in [3.05, 3.63) is 71.5 Å². The summed E-state index contributed by atoms with van der Waals surface area (Å²) < 4.78 is 19.8. The number of amides is 1. The molecule has 2 aromatic heterocycles. The van der Waals surface area contributed by atoms with E-state index in [0.29, 0.717) is 16.9 Å². The molecule has 0 aliphatic heterocycles. The zero-order valence-electron chi connectivity index (χ0n) is 15.0. The minimum absolute atomic E-state index is 0.138. The number of carbonyl (C=O) groups is 1. The fourth-order valence-corrected chi connectivity index (χ4v) is 2.55. The van der Waals surface area contributed by atoms with Crippen LogP contribution < -0.4 is 5.32 Å². The molecule has 28 heavy (non-hydrogen) atoms. The molecule has 0 unspecified atom stereocenters. The maximum Gasteiger partial charge on any atom is 0.316 e. The van der Waals surface area contributed by atoms with Crippen LogP contribution in [0.4, 0.5) is 10.1 Å². The van der Waals surface area contributed by atoms with E-state index >= 15 is 0 Å². The molecule has 0 spiro atoms. The molecule has 0 atom stereocenters. The molecule has 0 radical (unpaired) electrons. The molecule has 0 saturated heterocycles. The second-order valence-electron chi connectivity index (χ2n) is 6.22. The molecule has 0 bridgehead atoms. The van der Waals surface area contributed by atoms with Crippen LogP contribution in [0, 0.1) is 19.7 Å². The summed E-state index contributed by atoms with van der Waals surface area (Å²) in [6.45, 7) is 3.68. The Kier molecular flexibility index (Phi) is 4.40. The summed E-state index contributed by atoms with van der Waals surface area (Å²) in [6.07, 6.45) is 1.64. The van der Waals surface area contributed by atoms with Crippen molar-refractivity contribution in [1.82, 2.24) is 25.1 Å². The molecule has 0 fully saturated rings. The fraction of sp³-hybridized carbons (Fsp3) is 0.105. The van der Waals surface area contributed by atoms with Crippen LogP contribution in [-0.2, 0) is 0 Å². The minimum atomic E-state index is -0.598. The minimum Gasteiger partial charge on any atom is -0.328 e. The summed E-state index contributed by atoms with van der Waals surface area (Å²) >= 11 is 0. The van der Waals surface area contributed by atoms with Gasteiger partial charge in [0.1, 0.15) is 5.82 Å². The largest absolute Gasteiger partial charge is 0.328 e. The van der Waals surface area contributed by atoms with E-state index < -0.39 is 5.91 Å². The van der Waals surface area contributed by atoms with Crippen molar-refractivity contribution in [1.29, 1.82) is 0 Å². The van der Waals surface area contributed by atoms with Crippen molar-refractivity contribution in [3.63, 3.8) is 0 Å². The van der Waals surface area contributed by atoms with Crippen LogP contribution in [0.25, 0.3) is 17.2 Å². The number of aryl methyl sites for hydroxylation is 2. The van der Waals surface area contributed by atoms with E-state index in [9.17, 15) is 9.18 Å². The van der Waals surface area contributed by atoms with Crippen molar-refractivity contribution in [3.8, 4) is 17.2 Å². The summed E-state index contributed by atoms with van der Waals surface area (Å²) in [6, 6.07) is 11.8. The summed E-state index contributed by atoms with van der Waals surface area (Å²) in [4.78, 5) is 16.4. The Labute approximate surface area is 159 Å². The highest BCUT2D eigenvalue weighted by molar-refractivity contribution is 6.01. The predicted molar refractivity (Wildman–Crippen MR) is 98.5 cm³/mol. The topological polar surface area (TPSA) is 98.7 Å². The van der Waals surface area contributed by atoms with Gasteiger partial charge in [0.05, 0.1) is 11.9 Å². The molecule has 1 amide bonds. The average Bonchev–Trinajstić information content (AvgIpc) is 3.34. The highest BCUT2D eigenvalue weighted by Crippen LogP contribution is 2.18. The number of hydrogen-bond donors (Lipinski definition) is 1. The van der Waals surface area contributed by atoms with Gasteiger partial charge >= 0.3 is 11.8 Å². The Morgan fingerprint density at radius 1 is 1.14 bits per heavy atom. The lowest BCUT2D eigenvalue weighted by molar-refractivity contribution is 0.0981. The molecule has 2 heterocycles. The Morgan fingerprint density at radius 2 is 1.93 bits per heavy atom. The van der Waals surface area contributed by atoms with E-state index in [0.717, 1.165) is 11.3 Å². The van der Waals surface area contributed by atoms with Crippen LogP contribution in [0.1, 0.15) is 21.8 Å². The second kappa shape index (κ2) is 7.03. The van der Waals surface area contributed by atoms with Crippen molar-refractivity contribution in [2.24, 2.45) is 0 Å². The van der Waals surface area contributed by atoms with Gasteiger partial charge in [-0.15, -0.1) is 5.10 Å². The van der Waals surface area contributed by atoms with Crippen LogP contribution in [0.15, 0.2) is 53.2 Å². The lowest BCUT2D eigenvalue weighted by Gasteiger charge is -2.05. The first-order valence-corrected chi connectivity index (χ1v) is 8.40. The van der Waals surface area contributed by atoms with Gasteiger partial charge in [-0.25, -0.2) is 9.07 Å². The van der Waals surface area contributed by atoms with Crippen molar-refractivity contribution >= 4 is 11.6 Å². The van der Waals surface area contributed by atoms with Gasteiger partial charge in [-0.05, 0) is 49.7 Å². The molecule has 4 aromatic rings. The maximum atomic E-state index is 13.2. The van der Waals surface area contributed by atoms with E-state index in [1.165, 1.54) is 18.2 Å². The van der Waals surface area contributed by atoms with Gasteiger partial charge in [0, 0.05) is 5.69 Å². The first-order valence-electron chi connectivity index (χ1n) is 8.40. The van der Waals surface area contributed by atoms with Crippen LogP contribution in [0.3, 0.4) is 0 Å². The molecule has 140 valence electrons. The van der Waals surface area contributed by atoms with Gasteiger partial charge in [-0.1, -0.05) is 28.1 Å². The zero-order chi connectivity index (χ0) is 19.7. The van der Waals surface area contributed by atoms with Gasteiger partial charge in [0.2, 0.25) is 5.82 Å². The quantitative estimate of drug-likeness (QED) is 0.585. The second-order valence-corrected chi connectivity index (χ2v) is 6.22. The molecule has 8 nitrogen and oxygen atoms in total. The van der Waals surface area contributed by atoms with Gasteiger partial charge in [0.25, 0.3) is 0 Å². The third-order valence-corrected chi connectivity index (χ3v) is 4.08. The molecule has 0 aliphatic carbocycles. The van der Waals surface area contributed by atoms with Gasteiger partial charge in [-0.3, -0.25) is 4.79 Å². The number of anilines is 1. The number of benzene rings is 2. The lowest BCUT2D eigenvalue weighted by Crippen LogP contribution is -2.13. The number of carbonyl (C=O) groups excluding carboxylic acids is 1. The van der Waals surface area contributed by atoms with Gasteiger partial charge < -0.3 is 9.84 Å². The number of rotatable bonds is 4. The molecule has 9 heteroatoms. The molecule has 1 N–H and O–H groups in total. The number of nitrogens with zero attached hydrogens (tertiary/aromatic N) is 5. The predicted octanol–water partition coefficient (Wildman–Crippen LogP) is 3.33. The van der Waals surface area contributed by atoms with Crippen LogP contribution in [-0.4, -0.2) is 31.0 Å². The van der Waals surface area contributed by atoms with E-state index in [1.807, 2.05) is 31.2 Å². The fourth-order valence-electron chi connectivity index (χ4n) is 2.55. The van der Waals surface area contributed by atoms with Gasteiger partial charge in [0.15, 0.2) is 5.69 Å². The van der Waals surface area contributed by atoms with E-state index in [1.54, 1.807) is 17.8 Å². The monoisotopic (exact) mass is 378 g/mol. The Hall–Kier alpha value is -3.88. The molecular weight excluding hydrogens is 363 g/mol. The lowest BCUT2D eigenvalue weighted by atomic mass is 10.2. The normalized spacial score (nSPS) is 10.8. The van der Waals surface area contributed by atoms with E-state index in [2.05, 4.69) is 25.8 Å². The highest BCUT2D eigenvalue weighted by Gasteiger charge is 2.19. The summed E-state index contributed by atoms with van der Waals surface area (Å²) in [5.74, 6) is -1.07. The molecular formula is C19H15FN6O2. The Bertz CT molecular complexity index is 1150. The SMILES string of the molecule is Cc1ccc(-n2cc(-c3noc(C(=O)Nc4ccc(F)cc4C)n3)nn2)cc1. The number of nitrogens with one attached hydrogen (secondary N) is 1. The van der Waals surface area contributed by atoms with Crippen LogP contribution >= 0.6 is 0 Å².